The van der Waals surface area contributed by atoms with Gasteiger partial charge in [0.1, 0.15) is 5.82 Å². The third kappa shape index (κ3) is 4.33. The first-order valence-electron chi connectivity index (χ1n) is 10.3. The van der Waals surface area contributed by atoms with E-state index >= 15 is 0 Å². The molecule has 158 valence electrons. The van der Waals surface area contributed by atoms with Crippen molar-refractivity contribution in [1.29, 1.82) is 0 Å². The molecule has 2 aromatic rings. The van der Waals surface area contributed by atoms with Crippen molar-refractivity contribution >= 4 is 0 Å². The van der Waals surface area contributed by atoms with Crippen LogP contribution in [0.4, 0.5) is 13.2 Å². The second-order valence-electron chi connectivity index (χ2n) is 8.22. The number of nitrogens with zero attached hydrogens (tertiary/aromatic N) is 4. The Kier molecular flexibility index (Phi) is 5.66. The molecule has 1 saturated carbocycles. The summed E-state index contributed by atoms with van der Waals surface area (Å²) in [6.07, 6.45) is -1.24. The average Bonchev–Trinajstić information content (AvgIpc) is 3.35. The SMILES string of the molecule is CC(C)n1nc(-c2cccc(C(F)(F)F)c2)nc1[C@@H]1CC[C@H](N2CCOCC2)C1. The monoisotopic (exact) mass is 408 g/mol. The number of hydrogen-bond acceptors (Lipinski definition) is 4. The Morgan fingerprint density at radius 2 is 1.90 bits per heavy atom. The zero-order valence-corrected chi connectivity index (χ0v) is 16.8. The van der Waals surface area contributed by atoms with Crippen LogP contribution in [0.5, 0.6) is 0 Å². The molecule has 0 amide bonds. The summed E-state index contributed by atoms with van der Waals surface area (Å²) in [5.74, 6) is 1.54. The molecule has 8 heteroatoms. The van der Waals surface area contributed by atoms with E-state index in [9.17, 15) is 13.2 Å². The lowest BCUT2D eigenvalue weighted by Gasteiger charge is -2.32. The summed E-state index contributed by atoms with van der Waals surface area (Å²) >= 11 is 0. The number of aromatic nitrogens is 3. The lowest BCUT2D eigenvalue weighted by atomic mass is 10.1. The molecule has 0 spiro atoms. The van der Waals surface area contributed by atoms with E-state index in [-0.39, 0.29) is 12.0 Å². The maximum atomic E-state index is 13.1. The molecule has 1 aromatic heterocycles. The fourth-order valence-electron chi connectivity index (χ4n) is 4.42. The van der Waals surface area contributed by atoms with E-state index in [1.165, 1.54) is 6.07 Å². The quantitative estimate of drug-likeness (QED) is 0.747. The van der Waals surface area contributed by atoms with E-state index in [0.717, 1.165) is 63.5 Å². The van der Waals surface area contributed by atoms with Crippen LogP contribution in [0.2, 0.25) is 0 Å². The van der Waals surface area contributed by atoms with Crippen molar-refractivity contribution < 1.29 is 17.9 Å². The predicted octanol–water partition coefficient (Wildman–Crippen LogP) is 4.51. The van der Waals surface area contributed by atoms with Crippen molar-refractivity contribution in [3.05, 3.63) is 35.7 Å². The minimum absolute atomic E-state index is 0.0967. The van der Waals surface area contributed by atoms with Crippen LogP contribution in [0.25, 0.3) is 11.4 Å². The van der Waals surface area contributed by atoms with Crippen molar-refractivity contribution in [2.45, 2.75) is 57.3 Å². The molecule has 1 aliphatic carbocycles. The molecule has 2 heterocycles. The van der Waals surface area contributed by atoms with Crippen LogP contribution in [-0.2, 0) is 10.9 Å². The largest absolute Gasteiger partial charge is 0.416 e. The van der Waals surface area contributed by atoms with Gasteiger partial charge < -0.3 is 4.74 Å². The van der Waals surface area contributed by atoms with Gasteiger partial charge in [0.2, 0.25) is 0 Å². The molecular formula is C21H27F3N4O. The highest BCUT2D eigenvalue weighted by Crippen LogP contribution is 2.38. The van der Waals surface area contributed by atoms with Crippen molar-refractivity contribution in [2.75, 3.05) is 26.3 Å². The number of morpholine rings is 1. The highest BCUT2D eigenvalue weighted by atomic mass is 19.4. The first kappa shape index (κ1) is 20.3. The van der Waals surface area contributed by atoms with E-state index in [2.05, 4.69) is 10.00 Å². The fraction of sp³-hybridized carbons (Fsp3) is 0.619. The van der Waals surface area contributed by atoms with Gasteiger partial charge in [-0.2, -0.15) is 18.3 Å². The third-order valence-electron chi connectivity index (χ3n) is 5.93. The summed E-state index contributed by atoms with van der Waals surface area (Å²) in [6, 6.07) is 5.88. The van der Waals surface area contributed by atoms with Crippen LogP contribution in [0.15, 0.2) is 24.3 Å². The molecule has 29 heavy (non-hydrogen) atoms. The Hall–Kier alpha value is -1.93. The van der Waals surface area contributed by atoms with Gasteiger partial charge in [0.15, 0.2) is 5.82 Å². The summed E-state index contributed by atoms with van der Waals surface area (Å²) in [4.78, 5) is 7.22. The first-order chi connectivity index (χ1) is 13.8. The van der Waals surface area contributed by atoms with E-state index in [4.69, 9.17) is 9.72 Å². The number of benzene rings is 1. The second kappa shape index (κ2) is 8.07. The second-order valence-corrected chi connectivity index (χ2v) is 8.22. The molecule has 4 rings (SSSR count). The van der Waals surface area contributed by atoms with Crippen molar-refractivity contribution in [3.8, 4) is 11.4 Å². The van der Waals surface area contributed by atoms with Crippen LogP contribution in [0, 0.1) is 0 Å². The maximum absolute atomic E-state index is 13.1. The van der Waals surface area contributed by atoms with Crippen molar-refractivity contribution in [1.82, 2.24) is 19.7 Å². The predicted molar refractivity (Wildman–Crippen MR) is 104 cm³/mol. The highest BCUT2D eigenvalue weighted by Gasteiger charge is 2.35. The summed E-state index contributed by atoms with van der Waals surface area (Å²) in [5.41, 5.74) is -0.270. The Balaban J connectivity index is 1.59. The average molecular weight is 408 g/mol. The lowest BCUT2D eigenvalue weighted by Crippen LogP contribution is -2.42. The van der Waals surface area contributed by atoms with E-state index < -0.39 is 11.7 Å². The van der Waals surface area contributed by atoms with E-state index in [1.54, 1.807) is 6.07 Å². The minimum atomic E-state index is -4.38. The van der Waals surface area contributed by atoms with Gasteiger partial charge in [0.25, 0.3) is 0 Å². The van der Waals surface area contributed by atoms with Crippen LogP contribution in [0.3, 0.4) is 0 Å². The van der Waals surface area contributed by atoms with Crippen molar-refractivity contribution in [3.63, 3.8) is 0 Å². The number of rotatable bonds is 4. The zero-order valence-electron chi connectivity index (χ0n) is 16.8. The summed E-state index contributed by atoms with van der Waals surface area (Å²) in [7, 11) is 0. The summed E-state index contributed by atoms with van der Waals surface area (Å²) in [5, 5.41) is 4.59. The Morgan fingerprint density at radius 1 is 1.14 bits per heavy atom. The molecule has 0 N–H and O–H groups in total. The number of hydrogen-bond donors (Lipinski definition) is 0. The third-order valence-corrected chi connectivity index (χ3v) is 5.93. The lowest BCUT2D eigenvalue weighted by molar-refractivity contribution is -0.137. The molecule has 1 aromatic carbocycles. The standard InChI is InChI=1S/C21H27F3N4O/c1-14(2)28-20(16-6-7-18(13-16)27-8-10-29-11-9-27)25-19(26-28)15-4-3-5-17(12-15)21(22,23)24/h3-5,12,14,16,18H,6-11,13H2,1-2H3/t16-,18+/m1/s1. The number of alkyl halides is 3. The van der Waals surface area contributed by atoms with E-state index in [0.29, 0.717) is 17.4 Å². The molecular weight excluding hydrogens is 381 g/mol. The maximum Gasteiger partial charge on any atom is 0.416 e. The van der Waals surface area contributed by atoms with E-state index in [1.807, 2.05) is 18.5 Å². The summed E-state index contributed by atoms with van der Waals surface area (Å²) in [6.45, 7) is 7.55. The van der Waals surface area contributed by atoms with Crippen molar-refractivity contribution in [2.24, 2.45) is 0 Å². The van der Waals surface area contributed by atoms with Gasteiger partial charge >= 0.3 is 6.18 Å². The molecule has 2 fully saturated rings. The molecule has 2 aliphatic rings. The van der Waals surface area contributed by atoms with Crippen LogP contribution < -0.4 is 0 Å². The van der Waals surface area contributed by atoms with Gasteiger partial charge in [-0.1, -0.05) is 12.1 Å². The molecule has 1 saturated heterocycles. The first-order valence-corrected chi connectivity index (χ1v) is 10.3. The smallest absolute Gasteiger partial charge is 0.379 e. The van der Waals surface area contributed by atoms with Gasteiger partial charge in [-0.25, -0.2) is 9.67 Å². The fourth-order valence-corrected chi connectivity index (χ4v) is 4.42. The van der Waals surface area contributed by atoms with Crippen LogP contribution >= 0.6 is 0 Å². The molecule has 2 atom stereocenters. The van der Waals surface area contributed by atoms with Gasteiger partial charge in [0, 0.05) is 36.7 Å². The Labute approximate surface area is 168 Å². The van der Waals surface area contributed by atoms with Gasteiger partial charge in [0.05, 0.1) is 18.8 Å². The van der Waals surface area contributed by atoms with Gasteiger partial charge in [-0.3, -0.25) is 4.90 Å². The Morgan fingerprint density at radius 3 is 2.59 bits per heavy atom. The molecule has 5 nitrogen and oxygen atoms in total. The molecule has 1 aliphatic heterocycles. The number of ether oxygens (including phenoxy) is 1. The van der Waals surface area contributed by atoms with Gasteiger partial charge in [-0.15, -0.1) is 0 Å². The van der Waals surface area contributed by atoms with Crippen LogP contribution in [-0.4, -0.2) is 52.0 Å². The number of halogens is 3. The molecule has 0 bridgehead atoms. The topological polar surface area (TPSA) is 43.2 Å². The minimum Gasteiger partial charge on any atom is -0.379 e. The highest BCUT2D eigenvalue weighted by molar-refractivity contribution is 5.56. The zero-order chi connectivity index (χ0) is 20.6. The van der Waals surface area contributed by atoms with Crippen LogP contribution in [0.1, 0.15) is 56.5 Å². The summed E-state index contributed by atoms with van der Waals surface area (Å²) < 4.78 is 46.7. The van der Waals surface area contributed by atoms with Gasteiger partial charge in [-0.05, 0) is 45.2 Å². The molecule has 0 radical (unpaired) electrons. The Bertz CT molecular complexity index is 843. The molecule has 0 unspecified atom stereocenters. The normalized spacial score (nSPS) is 23.8.